The number of hydrogen-bond acceptors (Lipinski definition) is 6. The number of methoxy groups -OCH3 is 3. The lowest BCUT2D eigenvalue weighted by Gasteiger charge is -2.13. The predicted molar refractivity (Wildman–Crippen MR) is 99.1 cm³/mol. The molecule has 1 amide bonds. The molecule has 0 heterocycles. The van der Waals surface area contributed by atoms with Gasteiger partial charge in [0.05, 0.1) is 32.6 Å². The Balaban J connectivity index is 1.95. The standard InChI is InChI=1S/C19H22N2O5/c1-24-13-8-9-17(25-2)16(12-13)21-18(22)10-11-20-15-7-5-4-6-14(15)19(23)26-3/h4-9,12,20H,10-11H2,1-3H3,(H,21,22). The molecule has 7 nitrogen and oxygen atoms in total. The van der Waals surface area contributed by atoms with Crippen molar-refractivity contribution < 1.29 is 23.8 Å². The molecular weight excluding hydrogens is 336 g/mol. The van der Waals surface area contributed by atoms with Gasteiger partial charge in [0.15, 0.2) is 0 Å². The van der Waals surface area contributed by atoms with E-state index in [1.54, 1.807) is 49.6 Å². The van der Waals surface area contributed by atoms with Crippen molar-refractivity contribution in [1.82, 2.24) is 0 Å². The quantitative estimate of drug-likeness (QED) is 0.706. The van der Waals surface area contributed by atoms with E-state index in [4.69, 9.17) is 14.2 Å². The van der Waals surface area contributed by atoms with Gasteiger partial charge in [-0.2, -0.15) is 0 Å². The molecule has 0 aliphatic rings. The lowest BCUT2D eigenvalue weighted by Crippen LogP contribution is -2.17. The number of nitrogens with one attached hydrogen (secondary N) is 2. The van der Waals surface area contributed by atoms with E-state index in [0.717, 1.165) is 0 Å². The molecule has 0 bridgehead atoms. The highest BCUT2D eigenvalue weighted by Gasteiger charge is 2.12. The molecule has 2 rings (SSSR count). The van der Waals surface area contributed by atoms with Crippen molar-refractivity contribution in [3.8, 4) is 11.5 Å². The minimum absolute atomic E-state index is 0.195. The highest BCUT2D eigenvalue weighted by atomic mass is 16.5. The molecule has 26 heavy (non-hydrogen) atoms. The van der Waals surface area contributed by atoms with Crippen LogP contribution in [0.5, 0.6) is 11.5 Å². The first kappa shape index (κ1) is 19.1. The maximum atomic E-state index is 12.2. The summed E-state index contributed by atoms with van der Waals surface area (Å²) in [5, 5.41) is 5.87. The number of carbonyl (C=O) groups excluding carboxylic acids is 2. The molecule has 138 valence electrons. The number of rotatable bonds is 8. The largest absolute Gasteiger partial charge is 0.497 e. The van der Waals surface area contributed by atoms with Crippen molar-refractivity contribution in [3.05, 3.63) is 48.0 Å². The van der Waals surface area contributed by atoms with E-state index in [9.17, 15) is 9.59 Å². The van der Waals surface area contributed by atoms with Crippen LogP contribution in [-0.4, -0.2) is 39.8 Å². The minimum atomic E-state index is -0.432. The van der Waals surface area contributed by atoms with Crippen molar-refractivity contribution in [2.75, 3.05) is 38.5 Å². The number of amides is 1. The lowest BCUT2D eigenvalue weighted by molar-refractivity contribution is -0.116. The molecule has 0 aliphatic carbocycles. The van der Waals surface area contributed by atoms with Crippen LogP contribution in [0.3, 0.4) is 0 Å². The Hall–Kier alpha value is -3.22. The zero-order valence-electron chi connectivity index (χ0n) is 15.0. The normalized spacial score (nSPS) is 9.96. The summed E-state index contributed by atoms with van der Waals surface area (Å²) >= 11 is 0. The Morgan fingerprint density at radius 2 is 1.73 bits per heavy atom. The van der Waals surface area contributed by atoms with Gasteiger partial charge in [0.25, 0.3) is 0 Å². The molecule has 2 N–H and O–H groups in total. The Labute approximate surface area is 152 Å². The highest BCUT2D eigenvalue weighted by molar-refractivity contribution is 5.96. The Morgan fingerprint density at radius 1 is 0.962 bits per heavy atom. The van der Waals surface area contributed by atoms with Gasteiger partial charge >= 0.3 is 5.97 Å². The number of anilines is 2. The fourth-order valence-corrected chi connectivity index (χ4v) is 2.36. The maximum absolute atomic E-state index is 12.2. The molecule has 0 aliphatic heterocycles. The summed E-state index contributed by atoms with van der Waals surface area (Å²) in [6, 6.07) is 12.1. The van der Waals surface area contributed by atoms with Gasteiger partial charge in [-0.15, -0.1) is 0 Å². The van der Waals surface area contributed by atoms with Crippen molar-refractivity contribution in [2.24, 2.45) is 0 Å². The number of para-hydroxylation sites is 1. The average Bonchev–Trinajstić information content (AvgIpc) is 2.67. The summed E-state index contributed by atoms with van der Waals surface area (Å²) in [6.07, 6.45) is 0.204. The van der Waals surface area contributed by atoms with Crippen LogP contribution >= 0.6 is 0 Å². The minimum Gasteiger partial charge on any atom is -0.497 e. The Morgan fingerprint density at radius 3 is 2.42 bits per heavy atom. The molecular formula is C19H22N2O5. The van der Waals surface area contributed by atoms with E-state index in [0.29, 0.717) is 35.0 Å². The molecule has 7 heteroatoms. The molecule has 0 unspecified atom stereocenters. The van der Waals surface area contributed by atoms with Gasteiger partial charge in [0.2, 0.25) is 5.91 Å². The summed E-state index contributed by atoms with van der Waals surface area (Å²) in [5.41, 5.74) is 1.57. The van der Waals surface area contributed by atoms with Crippen molar-refractivity contribution in [1.29, 1.82) is 0 Å². The smallest absolute Gasteiger partial charge is 0.339 e. The van der Waals surface area contributed by atoms with E-state index in [1.807, 2.05) is 0 Å². The molecule has 0 saturated carbocycles. The Bertz CT molecular complexity index is 776. The van der Waals surface area contributed by atoms with Crippen LogP contribution in [0.4, 0.5) is 11.4 Å². The summed E-state index contributed by atoms with van der Waals surface area (Å²) in [4.78, 5) is 23.9. The van der Waals surface area contributed by atoms with Crippen LogP contribution in [0.2, 0.25) is 0 Å². The highest BCUT2D eigenvalue weighted by Crippen LogP contribution is 2.29. The second-order valence-corrected chi connectivity index (χ2v) is 5.33. The predicted octanol–water partition coefficient (Wildman–Crippen LogP) is 2.93. The average molecular weight is 358 g/mol. The van der Waals surface area contributed by atoms with Crippen molar-refractivity contribution in [3.63, 3.8) is 0 Å². The first-order chi connectivity index (χ1) is 12.6. The third kappa shape index (κ3) is 4.89. The first-order valence-electron chi connectivity index (χ1n) is 8.02. The van der Waals surface area contributed by atoms with Crippen LogP contribution in [0, 0.1) is 0 Å². The van der Waals surface area contributed by atoms with Gasteiger partial charge in [0, 0.05) is 24.7 Å². The van der Waals surface area contributed by atoms with Crippen molar-refractivity contribution >= 4 is 23.3 Å². The zero-order chi connectivity index (χ0) is 18.9. The number of benzene rings is 2. The molecule has 0 atom stereocenters. The monoisotopic (exact) mass is 358 g/mol. The van der Waals surface area contributed by atoms with Gasteiger partial charge < -0.3 is 24.8 Å². The van der Waals surface area contributed by atoms with Gasteiger partial charge in [-0.25, -0.2) is 4.79 Å². The van der Waals surface area contributed by atoms with Crippen molar-refractivity contribution in [2.45, 2.75) is 6.42 Å². The second kappa shape index (κ2) is 9.31. The molecule has 0 aromatic heterocycles. The molecule has 0 radical (unpaired) electrons. The van der Waals surface area contributed by atoms with Crippen LogP contribution in [-0.2, 0) is 9.53 Å². The summed E-state index contributed by atoms with van der Waals surface area (Å²) in [5.74, 6) is 0.535. The van der Waals surface area contributed by atoms with Crippen LogP contribution < -0.4 is 20.1 Å². The summed E-state index contributed by atoms with van der Waals surface area (Å²) in [7, 11) is 4.41. The van der Waals surface area contributed by atoms with Gasteiger partial charge in [-0.05, 0) is 24.3 Å². The van der Waals surface area contributed by atoms with Gasteiger partial charge in [0.1, 0.15) is 11.5 Å². The fraction of sp³-hybridized carbons (Fsp3) is 0.263. The molecule has 0 spiro atoms. The molecule has 0 fully saturated rings. The van der Waals surface area contributed by atoms with E-state index in [-0.39, 0.29) is 12.3 Å². The number of carbonyl (C=O) groups is 2. The first-order valence-corrected chi connectivity index (χ1v) is 8.02. The molecule has 2 aromatic carbocycles. The van der Waals surface area contributed by atoms with Crippen LogP contribution in [0.1, 0.15) is 16.8 Å². The number of esters is 1. The maximum Gasteiger partial charge on any atom is 0.339 e. The van der Waals surface area contributed by atoms with E-state index in [1.165, 1.54) is 14.2 Å². The molecule has 2 aromatic rings. The van der Waals surface area contributed by atoms with E-state index in [2.05, 4.69) is 10.6 Å². The lowest BCUT2D eigenvalue weighted by atomic mass is 10.1. The third-order valence-corrected chi connectivity index (χ3v) is 3.68. The summed E-state index contributed by atoms with van der Waals surface area (Å²) < 4.78 is 15.1. The van der Waals surface area contributed by atoms with Crippen LogP contribution in [0.25, 0.3) is 0 Å². The zero-order valence-corrected chi connectivity index (χ0v) is 15.0. The fourth-order valence-electron chi connectivity index (χ4n) is 2.36. The van der Waals surface area contributed by atoms with Crippen LogP contribution in [0.15, 0.2) is 42.5 Å². The summed E-state index contributed by atoms with van der Waals surface area (Å²) in [6.45, 7) is 0.353. The molecule has 0 saturated heterocycles. The Kier molecular flexibility index (Phi) is 6.84. The number of hydrogen-bond donors (Lipinski definition) is 2. The van der Waals surface area contributed by atoms with E-state index < -0.39 is 5.97 Å². The van der Waals surface area contributed by atoms with Gasteiger partial charge in [-0.3, -0.25) is 4.79 Å². The van der Waals surface area contributed by atoms with Gasteiger partial charge in [-0.1, -0.05) is 12.1 Å². The second-order valence-electron chi connectivity index (χ2n) is 5.33. The van der Waals surface area contributed by atoms with E-state index >= 15 is 0 Å². The topological polar surface area (TPSA) is 85.9 Å². The SMILES string of the molecule is COC(=O)c1ccccc1NCCC(=O)Nc1cc(OC)ccc1OC. The number of ether oxygens (including phenoxy) is 3. The third-order valence-electron chi connectivity index (χ3n) is 3.68.